The Morgan fingerprint density at radius 2 is 1.57 bits per heavy atom. The first-order valence-electron chi connectivity index (χ1n) is 14.5. The average molecular weight is 580 g/mol. The van der Waals surface area contributed by atoms with Crippen LogP contribution < -0.4 is 10.6 Å². The van der Waals surface area contributed by atoms with Gasteiger partial charge >= 0.3 is 12.2 Å². The molecule has 10 nitrogen and oxygen atoms in total. The summed E-state index contributed by atoms with van der Waals surface area (Å²) in [7, 11) is 0. The molecule has 2 saturated heterocycles. The fourth-order valence-corrected chi connectivity index (χ4v) is 5.10. The molecule has 2 aliphatic heterocycles. The van der Waals surface area contributed by atoms with E-state index in [0.29, 0.717) is 37.4 Å². The Balaban J connectivity index is 1.65. The monoisotopic (exact) mass is 579 g/mol. The first-order chi connectivity index (χ1) is 19.2. The van der Waals surface area contributed by atoms with Crippen LogP contribution in [0, 0.1) is 0 Å². The number of likely N-dealkylation sites (tertiary alicyclic amines) is 2. The van der Waals surface area contributed by atoms with Gasteiger partial charge in [0.15, 0.2) is 0 Å². The lowest BCUT2D eigenvalue weighted by Gasteiger charge is -2.38. The highest BCUT2D eigenvalue weighted by Crippen LogP contribution is 2.26. The predicted octanol–water partition coefficient (Wildman–Crippen LogP) is 4.76. The number of amides is 4. The van der Waals surface area contributed by atoms with E-state index in [-0.39, 0.29) is 31.8 Å². The number of nitrogens with zero attached hydrogens (tertiary/aromatic N) is 2. The molecule has 3 rings (SSSR count). The maximum absolute atomic E-state index is 13.7. The predicted molar refractivity (Wildman–Crippen MR) is 152 cm³/mol. The van der Waals surface area contributed by atoms with Crippen LogP contribution in [0.15, 0.2) is 18.2 Å². The van der Waals surface area contributed by atoms with Crippen molar-refractivity contribution in [2.24, 2.45) is 0 Å². The third-order valence-corrected chi connectivity index (χ3v) is 6.90. The van der Waals surface area contributed by atoms with Crippen molar-refractivity contribution in [3.05, 3.63) is 34.3 Å². The van der Waals surface area contributed by atoms with Crippen LogP contribution in [-0.2, 0) is 32.2 Å². The highest BCUT2D eigenvalue weighted by atomic mass is 35.5. The van der Waals surface area contributed by atoms with Crippen molar-refractivity contribution in [1.29, 1.82) is 0 Å². The first kappa shape index (κ1) is 30.0. The van der Waals surface area contributed by atoms with Crippen molar-refractivity contribution in [3.63, 3.8) is 0 Å². The number of hydrogen-bond acceptors (Lipinski definition) is 6. The van der Waals surface area contributed by atoms with Gasteiger partial charge in [0, 0.05) is 32.6 Å². The molecule has 0 unspecified atom stereocenters. The molecule has 1 aromatic rings. The number of piperidine rings is 1. The molecule has 1 aromatic carbocycles. The van der Waals surface area contributed by atoms with E-state index in [0.717, 1.165) is 24.0 Å². The van der Waals surface area contributed by atoms with E-state index in [1.807, 2.05) is 0 Å². The van der Waals surface area contributed by atoms with Gasteiger partial charge in [0.1, 0.15) is 23.3 Å². The first-order valence-corrected chi connectivity index (χ1v) is 14.2. The zero-order valence-corrected chi connectivity index (χ0v) is 24.9. The summed E-state index contributed by atoms with van der Waals surface area (Å²) in [5.74, 6) is -0.546. The second kappa shape index (κ2) is 13.1. The van der Waals surface area contributed by atoms with Crippen LogP contribution in [0.2, 0.25) is 5.02 Å². The number of nitrogens with one attached hydrogen (secondary N) is 2. The summed E-state index contributed by atoms with van der Waals surface area (Å²) in [6, 6.07) is 3.86. The van der Waals surface area contributed by atoms with E-state index in [9.17, 15) is 19.2 Å². The molecule has 40 heavy (non-hydrogen) atoms. The van der Waals surface area contributed by atoms with Gasteiger partial charge in [0.2, 0.25) is 11.8 Å². The summed E-state index contributed by atoms with van der Waals surface area (Å²) in [5, 5.41) is 6.15. The minimum Gasteiger partial charge on any atom is -0.444 e. The van der Waals surface area contributed by atoms with Crippen molar-refractivity contribution in [2.45, 2.75) is 110 Å². The van der Waals surface area contributed by atoms with Crippen LogP contribution in [0.4, 0.5) is 9.59 Å². The van der Waals surface area contributed by atoms with Crippen LogP contribution >= 0.6 is 11.6 Å². The van der Waals surface area contributed by atoms with Crippen molar-refractivity contribution >= 4 is 35.6 Å². The Hall–Kier alpha value is -3.01. The van der Waals surface area contributed by atoms with Crippen molar-refractivity contribution in [3.8, 4) is 0 Å². The number of benzene rings is 1. The molecule has 222 valence electrons. The van der Waals surface area contributed by atoms with Gasteiger partial charge in [-0.2, -0.15) is 0 Å². The fraction of sp³-hybridized carbons (Fsp3) is 0.655. The zero-order chi connectivity index (χ0) is 30.4. The number of ether oxygens (including phenoxy) is 2. The normalized spacial score (nSPS) is 20.0. The van der Waals surface area contributed by atoms with Crippen molar-refractivity contribution in [1.82, 2.24) is 20.4 Å². The van der Waals surface area contributed by atoms with Gasteiger partial charge < -0.3 is 25.0 Å². The van der Waals surface area contributed by atoms with Gasteiger partial charge in [0.05, 0.1) is 0 Å². The third-order valence-electron chi connectivity index (χ3n) is 6.67. The largest absolute Gasteiger partial charge is 0.444 e. The number of rotatable bonds is 6. The Morgan fingerprint density at radius 3 is 2.27 bits per heavy atom. The van der Waals surface area contributed by atoms with Gasteiger partial charge in [-0.15, -0.1) is 0 Å². The summed E-state index contributed by atoms with van der Waals surface area (Å²) in [5.41, 5.74) is -0.0819. The molecule has 2 N–H and O–H groups in total. The summed E-state index contributed by atoms with van der Waals surface area (Å²) < 4.78 is 18.4. The van der Waals surface area contributed by atoms with Gasteiger partial charge in [-0.25, -0.2) is 9.59 Å². The molecule has 0 radical (unpaired) electrons. The highest BCUT2D eigenvalue weighted by Gasteiger charge is 2.42. The van der Waals surface area contributed by atoms with Crippen molar-refractivity contribution in [2.75, 3.05) is 13.1 Å². The molecule has 2 heterocycles. The minimum absolute atomic E-state index is 0.0923. The molecular formula is C29H43ClN4O6. The topological polar surface area (TPSA) is 117 Å². The molecule has 2 aliphatic rings. The summed E-state index contributed by atoms with van der Waals surface area (Å²) in [4.78, 5) is 55.1. The maximum Gasteiger partial charge on any atom is 0.410 e. The fourth-order valence-electron chi connectivity index (χ4n) is 4.91. The van der Waals surface area contributed by atoms with E-state index >= 15 is 0 Å². The Morgan fingerprint density at radius 1 is 0.900 bits per heavy atom. The number of halogens is 1. The zero-order valence-electron chi connectivity index (χ0n) is 25.2. The highest BCUT2D eigenvalue weighted by molar-refractivity contribution is 6.30. The maximum atomic E-state index is 13.7. The second-order valence-corrected chi connectivity index (χ2v) is 12.4. The summed E-state index contributed by atoms with van der Waals surface area (Å²) >= 11 is 6.22. The molecule has 0 bridgehead atoms. The quantitative estimate of drug-likeness (QED) is 0.502. The van der Waals surface area contributed by atoms with Crippen LogP contribution in [0.25, 0.3) is 0 Å². The lowest BCUT2D eigenvalue weighted by atomic mass is 10.0. The van der Waals surface area contributed by atoms with Gasteiger partial charge in [-0.1, -0.05) is 17.7 Å². The lowest BCUT2D eigenvalue weighted by Crippen LogP contribution is -2.56. The lowest BCUT2D eigenvalue weighted by molar-refractivity contribution is -0.143. The standard InChI is InChI=1S/C29H43ClN4O6/c1-28(2,3)39-26(37)32-17-19-12-13-21(30)16-20(19)18-31-24(35)22-11-9-15-33(22)25(36)23-10-7-8-14-34(23)27(38)40-29(4,5)6/h12-13,16,22-23H,7-11,14-15,17-18H2,1-6H3,(H,31,35)(H,32,37)/t22-,23-/m0/s1/i4D. The van der Waals surface area contributed by atoms with E-state index in [1.54, 1.807) is 57.7 Å². The Bertz CT molecular complexity index is 1130. The summed E-state index contributed by atoms with van der Waals surface area (Å²) in [6.07, 6.45) is 2.09. The third kappa shape index (κ3) is 9.01. The minimum atomic E-state index is -0.959. The Kier molecular flexibility index (Phi) is 9.81. The average Bonchev–Trinajstić information content (AvgIpc) is 3.40. The van der Waals surface area contributed by atoms with E-state index in [4.69, 9.17) is 22.4 Å². The van der Waals surface area contributed by atoms with E-state index < -0.39 is 35.5 Å². The number of alkyl carbamates (subject to hydrolysis) is 1. The van der Waals surface area contributed by atoms with Gasteiger partial charge in [0.25, 0.3) is 0 Å². The van der Waals surface area contributed by atoms with Gasteiger partial charge in [-0.3, -0.25) is 14.5 Å². The number of carbonyl (C=O) groups excluding carboxylic acids is 4. The molecular weight excluding hydrogens is 536 g/mol. The molecule has 0 aliphatic carbocycles. The van der Waals surface area contributed by atoms with Crippen LogP contribution in [0.3, 0.4) is 0 Å². The summed E-state index contributed by atoms with van der Waals surface area (Å²) in [6.45, 7) is 9.75. The van der Waals surface area contributed by atoms with E-state index in [2.05, 4.69) is 10.6 Å². The van der Waals surface area contributed by atoms with Crippen LogP contribution in [0.5, 0.6) is 0 Å². The van der Waals surface area contributed by atoms with Crippen LogP contribution in [0.1, 0.15) is 86.1 Å². The second-order valence-electron chi connectivity index (χ2n) is 12.0. The Labute approximate surface area is 243 Å². The van der Waals surface area contributed by atoms with Crippen molar-refractivity contribution < 1.29 is 30.0 Å². The SMILES string of the molecule is [2H]CC(C)(C)OC(=O)N1CCCC[C@H]1C(=O)N1CCC[C@H]1C(=O)NCc1cc(Cl)ccc1CNC(=O)OC(C)(C)C. The number of carbonyl (C=O) groups is 4. The van der Waals surface area contributed by atoms with Crippen LogP contribution in [-0.4, -0.2) is 70.2 Å². The number of hydrogen-bond donors (Lipinski definition) is 2. The molecule has 0 aromatic heterocycles. The van der Waals surface area contributed by atoms with E-state index in [1.165, 1.54) is 4.90 Å². The molecule has 4 amide bonds. The smallest absolute Gasteiger partial charge is 0.410 e. The molecule has 0 saturated carbocycles. The molecule has 0 spiro atoms. The molecule has 2 fully saturated rings. The molecule has 11 heteroatoms. The molecule has 2 atom stereocenters. The van der Waals surface area contributed by atoms with Gasteiger partial charge in [-0.05, 0) is 96.9 Å².